The number of aliphatic imine (C=N–C) groups is 1. The van der Waals surface area contributed by atoms with Crippen LogP contribution in [0.15, 0.2) is 23.2 Å². The van der Waals surface area contributed by atoms with Crippen LogP contribution < -0.4 is 25.4 Å². The molecule has 9 heteroatoms. The van der Waals surface area contributed by atoms with Crippen LogP contribution in [-0.4, -0.2) is 44.1 Å². The van der Waals surface area contributed by atoms with Crippen molar-refractivity contribution in [2.45, 2.75) is 39.8 Å². The molecule has 0 saturated heterocycles. The standard InChI is InChI=1S/C18H28N4O4.HI/c1-5-19-16(20-8-9-21-17(23)26-18(2,3)4)22-11-13-6-7-14-15(10-13)25-12-24-14;/h6-7,10H,5,8-9,11-12H2,1-4H3,(H,21,23)(H2,19,20,22);1H. The first-order valence-electron chi connectivity index (χ1n) is 8.75. The summed E-state index contributed by atoms with van der Waals surface area (Å²) in [5.41, 5.74) is 0.525. The number of ether oxygens (including phenoxy) is 3. The van der Waals surface area contributed by atoms with Gasteiger partial charge >= 0.3 is 6.09 Å². The number of rotatable bonds is 6. The molecular weight excluding hydrogens is 463 g/mol. The van der Waals surface area contributed by atoms with Crippen LogP contribution in [-0.2, 0) is 11.3 Å². The second kappa shape index (κ2) is 11.1. The molecule has 27 heavy (non-hydrogen) atoms. The molecule has 3 N–H and O–H groups in total. The van der Waals surface area contributed by atoms with Crippen molar-refractivity contribution in [3.8, 4) is 11.5 Å². The third-order valence-electron chi connectivity index (χ3n) is 3.29. The molecule has 0 spiro atoms. The van der Waals surface area contributed by atoms with Crippen molar-refractivity contribution in [3.05, 3.63) is 23.8 Å². The Morgan fingerprint density at radius 2 is 1.85 bits per heavy atom. The summed E-state index contributed by atoms with van der Waals surface area (Å²) in [4.78, 5) is 16.1. The van der Waals surface area contributed by atoms with E-state index in [-0.39, 0.29) is 30.8 Å². The first kappa shape index (κ1) is 23.1. The third kappa shape index (κ3) is 8.55. The van der Waals surface area contributed by atoms with Gasteiger partial charge in [0.25, 0.3) is 0 Å². The summed E-state index contributed by atoms with van der Waals surface area (Å²) in [7, 11) is 0. The highest BCUT2D eigenvalue weighted by molar-refractivity contribution is 14.0. The molecule has 0 bridgehead atoms. The Morgan fingerprint density at radius 3 is 2.56 bits per heavy atom. The number of hydrogen-bond acceptors (Lipinski definition) is 5. The zero-order valence-corrected chi connectivity index (χ0v) is 18.6. The highest BCUT2D eigenvalue weighted by Crippen LogP contribution is 2.32. The fraction of sp³-hybridized carbons (Fsp3) is 0.556. The van der Waals surface area contributed by atoms with Crippen LogP contribution >= 0.6 is 24.0 Å². The number of alkyl carbamates (subject to hydrolysis) is 1. The van der Waals surface area contributed by atoms with Gasteiger partial charge in [-0.3, -0.25) is 0 Å². The lowest BCUT2D eigenvalue weighted by Crippen LogP contribution is -2.42. The molecule has 1 amide bonds. The molecule has 8 nitrogen and oxygen atoms in total. The second-order valence-corrected chi connectivity index (χ2v) is 6.74. The molecule has 1 heterocycles. The van der Waals surface area contributed by atoms with Crippen molar-refractivity contribution in [2.75, 3.05) is 26.4 Å². The van der Waals surface area contributed by atoms with E-state index in [9.17, 15) is 4.79 Å². The summed E-state index contributed by atoms with van der Waals surface area (Å²) in [5.74, 6) is 2.18. The number of guanidine groups is 1. The van der Waals surface area contributed by atoms with Gasteiger partial charge in [0.05, 0.1) is 6.54 Å². The molecule has 152 valence electrons. The molecule has 1 aliphatic rings. The van der Waals surface area contributed by atoms with E-state index in [0.717, 1.165) is 23.6 Å². The Kier molecular flexibility index (Phi) is 9.47. The topological polar surface area (TPSA) is 93.2 Å². The average Bonchev–Trinajstić information content (AvgIpc) is 3.02. The molecule has 0 aromatic heterocycles. The molecule has 0 radical (unpaired) electrons. The molecule has 1 aliphatic heterocycles. The van der Waals surface area contributed by atoms with E-state index < -0.39 is 11.7 Å². The van der Waals surface area contributed by atoms with Gasteiger partial charge < -0.3 is 30.2 Å². The molecule has 1 aromatic carbocycles. The lowest BCUT2D eigenvalue weighted by molar-refractivity contribution is 0.0529. The highest BCUT2D eigenvalue weighted by Gasteiger charge is 2.15. The minimum Gasteiger partial charge on any atom is -0.454 e. The van der Waals surface area contributed by atoms with Crippen LogP contribution in [0.4, 0.5) is 4.79 Å². The average molecular weight is 492 g/mol. The van der Waals surface area contributed by atoms with Gasteiger partial charge in [0.15, 0.2) is 17.5 Å². The van der Waals surface area contributed by atoms with E-state index in [1.165, 1.54) is 0 Å². The summed E-state index contributed by atoms with van der Waals surface area (Å²) in [6.07, 6.45) is -0.429. The second-order valence-electron chi connectivity index (χ2n) is 6.74. The quantitative estimate of drug-likeness (QED) is 0.245. The summed E-state index contributed by atoms with van der Waals surface area (Å²) < 4.78 is 15.9. The fourth-order valence-electron chi connectivity index (χ4n) is 2.21. The van der Waals surface area contributed by atoms with Crippen molar-refractivity contribution in [1.29, 1.82) is 0 Å². The van der Waals surface area contributed by atoms with Crippen molar-refractivity contribution < 1.29 is 19.0 Å². The van der Waals surface area contributed by atoms with Crippen LogP contribution in [0, 0.1) is 0 Å². The first-order chi connectivity index (χ1) is 12.4. The Bertz CT molecular complexity index is 647. The number of nitrogens with zero attached hydrogens (tertiary/aromatic N) is 1. The van der Waals surface area contributed by atoms with Crippen molar-refractivity contribution >= 4 is 36.0 Å². The molecule has 1 aromatic rings. The monoisotopic (exact) mass is 492 g/mol. The number of carbonyl (C=O) groups is 1. The lowest BCUT2D eigenvalue weighted by atomic mass is 10.2. The van der Waals surface area contributed by atoms with E-state index in [4.69, 9.17) is 14.2 Å². The number of halogens is 1. The Labute approximate surface area is 177 Å². The van der Waals surface area contributed by atoms with Gasteiger partial charge in [-0.15, -0.1) is 24.0 Å². The Balaban J connectivity index is 0.00000364. The molecule has 0 unspecified atom stereocenters. The normalized spacial score (nSPS) is 12.8. The van der Waals surface area contributed by atoms with Crippen LogP contribution in [0.3, 0.4) is 0 Å². The van der Waals surface area contributed by atoms with Crippen molar-refractivity contribution in [2.24, 2.45) is 4.99 Å². The summed E-state index contributed by atoms with van der Waals surface area (Å²) in [6, 6.07) is 5.78. The SMILES string of the molecule is CCNC(=NCc1ccc2c(c1)OCO2)NCCNC(=O)OC(C)(C)C.I. The summed E-state index contributed by atoms with van der Waals surface area (Å²) in [5, 5.41) is 9.05. The molecule has 0 aliphatic carbocycles. The van der Waals surface area contributed by atoms with Gasteiger partial charge in [0.2, 0.25) is 6.79 Å². The maximum absolute atomic E-state index is 11.6. The van der Waals surface area contributed by atoms with Crippen LogP contribution in [0.5, 0.6) is 11.5 Å². The van der Waals surface area contributed by atoms with Gasteiger partial charge in [0.1, 0.15) is 5.60 Å². The highest BCUT2D eigenvalue weighted by atomic mass is 127. The maximum Gasteiger partial charge on any atom is 0.407 e. The lowest BCUT2D eigenvalue weighted by Gasteiger charge is -2.19. The van der Waals surface area contributed by atoms with Gasteiger partial charge in [-0.1, -0.05) is 6.07 Å². The molecule has 0 atom stereocenters. The number of fused-ring (bicyclic) bond motifs is 1. The number of nitrogens with one attached hydrogen (secondary N) is 3. The van der Waals surface area contributed by atoms with Crippen molar-refractivity contribution in [1.82, 2.24) is 16.0 Å². The molecule has 0 fully saturated rings. The summed E-state index contributed by atoms with van der Waals surface area (Å²) >= 11 is 0. The van der Waals surface area contributed by atoms with Gasteiger partial charge in [-0.2, -0.15) is 0 Å². The first-order valence-corrected chi connectivity index (χ1v) is 8.75. The van der Waals surface area contributed by atoms with E-state index in [0.29, 0.717) is 25.6 Å². The zero-order chi connectivity index (χ0) is 19.0. The van der Waals surface area contributed by atoms with E-state index in [1.54, 1.807) is 0 Å². The molecular formula is C18H29IN4O4. The largest absolute Gasteiger partial charge is 0.454 e. The zero-order valence-electron chi connectivity index (χ0n) is 16.3. The summed E-state index contributed by atoms with van der Waals surface area (Å²) in [6.45, 7) is 9.96. The van der Waals surface area contributed by atoms with Crippen LogP contribution in [0.1, 0.15) is 33.3 Å². The maximum atomic E-state index is 11.6. The smallest absolute Gasteiger partial charge is 0.407 e. The third-order valence-corrected chi connectivity index (χ3v) is 3.29. The van der Waals surface area contributed by atoms with Gasteiger partial charge in [0, 0.05) is 19.6 Å². The fourth-order valence-corrected chi connectivity index (χ4v) is 2.21. The van der Waals surface area contributed by atoms with E-state index in [1.807, 2.05) is 45.9 Å². The van der Waals surface area contributed by atoms with Crippen molar-refractivity contribution in [3.63, 3.8) is 0 Å². The predicted octanol–water partition coefficient (Wildman–Crippen LogP) is 2.61. The van der Waals surface area contributed by atoms with Crippen LogP contribution in [0.25, 0.3) is 0 Å². The predicted molar refractivity (Wildman–Crippen MR) is 115 cm³/mol. The minimum absolute atomic E-state index is 0. The van der Waals surface area contributed by atoms with Gasteiger partial charge in [-0.25, -0.2) is 9.79 Å². The Hall–Kier alpha value is -1.91. The van der Waals surface area contributed by atoms with Gasteiger partial charge in [-0.05, 0) is 45.4 Å². The Morgan fingerprint density at radius 1 is 1.15 bits per heavy atom. The number of hydrogen-bond donors (Lipinski definition) is 3. The minimum atomic E-state index is -0.501. The molecule has 2 rings (SSSR count). The number of amides is 1. The van der Waals surface area contributed by atoms with E-state index in [2.05, 4.69) is 20.9 Å². The number of benzene rings is 1. The molecule has 0 saturated carbocycles. The number of carbonyl (C=O) groups excluding carboxylic acids is 1. The van der Waals surface area contributed by atoms with Crippen LogP contribution in [0.2, 0.25) is 0 Å². The van der Waals surface area contributed by atoms with E-state index >= 15 is 0 Å².